The van der Waals surface area contributed by atoms with Gasteiger partial charge in [-0.15, -0.1) is 0 Å². The zero-order valence-electron chi connectivity index (χ0n) is 13.3. The van der Waals surface area contributed by atoms with Crippen LogP contribution in [0.2, 0.25) is 0 Å². The predicted molar refractivity (Wildman–Crippen MR) is 88.0 cm³/mol. The van der Waals surface area contributed by atoms with Gasteiger partial charge in [0.1, 0.15) is 5.75 Å². The molecule has 1 fully saturated rings. The molecule has 1 aromatic carbocycles. The van der Waals surface area contributed by atoms with Gasteiger partial charge in [-0.2, -0.15) is 0 Å². The highest BCUT2D eigenvalue weighted by Gasteiger charge is 2.26. The first-order valence-electron chi connectivity index (χ1n) is 8.23. The maximum atomic E-state index is 12.1. The van der Waals surface area contributed by atoms with E-state index in [0.717, 1.165) is 43.5 Å². The number of hydrogen-bond donors (Lipinski definition) is 0. The molecular weight excluding hydrogens is 276 g/mol. The van der Waals surface area contributed by atoms with Crippen molar-refractivity contribution in [3.8, 4) is 5.75 Å². The molecule has 1 unspecified atom stereocenters. The number of piperidine rings is 1. The summed E-state index contributed by atoms with van der Waals surface area (Å²) in [7, 11) is 0. The molecule has 2 aliphatic heterocycles. The van der Waals surface area contributed by atoms with Gasteiger partial charge >= 0.3 is 0 Å². The Morgan fingerprint density at radius 1 is 1.27 bits per heavy atom. The zero-order valence-corrected chi connectivity index (χ0v) is 13.3. The average molecular weight is 301 g/mol. The van der Waals surface area contributed by atoms with Gasteiger partial charge in [0, 0.05) is 13.1 Å². The first kappa shape index (κ1) is 15.3. The van der Waals surface area contributed by atoms with E-state index in [9.17, 15) is 4.79 Å². The number of carbonyl (C=O) groups excluding carboxylic acids is 1. The van der Waals surface area contributed by atoms with Gasteiger partial charge in [0.05, 0.1) is 5.69 Å². The minimum absolute atomic E-state index is 0.0555. The molecule has 4 heteroatoms. The van der Waals surface area contributed by atoms with Crippen LogP contribution in [0, 0.1) is 18.8 Å². The number of rotatable bonds is 4. The third-order valence-corrected chi connectivity index (χ3v) is 4.89. The van der Waals surface area contributed by atoms with Crippen molar-refractivity contribution in [1.82, 2.24) is 4.90 Å². The fraction of sp³-hybridized carbons (Fsp3) is 0.556. The summed E-state index contributed by atoms with van der Waals surface area (Å²) >= 11 is 0. The largest absolute Gasteiger partial charge is 0.482 e. The average Bonchev–Trinajstić information content (AvgIpc) is 2.54. The van der Waals surface area contributed by atoms with E-state index < -0.39 is 0 Å². The Hall–Kier alpha value is -1.55. The van der Waals surface area contributed by atoms with Gasteiger partial charge in [0.15, 0.2) is 6.61 Å². The monoisotopic (exact) mass is 301 g/mol. The second-order valence-corrected chi connectivity index (χ2v) is 6.46. The van der Waals surface area contributed by atoms with Crippen molar-refractivity contribution < 1.29 is 9.53 Å². The number of fused-ring (bicyclic) bond motifs is 1. The van der Waals surface area contributed by atoms with Gasteiger partial charge in [-0.05, 0) is 49.9 Å². The highest BCUT2D eigenvalue weighted by atomic mass is 16.5. The van der Waals surface area contributed by atoms with Crippen molar-refractivity contribution in [3.05, 3.63) is 31.2 Å². The third kappa shape index (κ3) is 3.27. The zero-order chi connectivity index (χ0) is 15.5. The second kappa shape index (κ2) is 6.69. The number of hydrogen-bond acceptors (Lipinski definition) is 3. The van der Waals surface area contributed by atoms with Gasteiger partial charge < -0.3 is 14.5 Å². The smallest absolute Gasteiger partial charge is 0.265 e. The second-order valence-electron chi connectivity index (χ2n) is 6.46. The molecule has 0 aliphatic carbocycles. The van der Waals surface area contributed by atoms with Gasteiger partial charge in [-0.25, -0.2) is 0 Å². The molecule has 0 saturated carbocycles. The highest BCUT2D eigenvalue weighted by Crippen LogP contribution is 2.31. The van der Waals surface area contributed by atoms with E-state index in [2.05, 4.69) is 18.7 Å². The Morgan fingerprint density at radius 3 is 2.73 bits per heavy atom. The Bertz CT molecular complexity index is 522. The van der Waals surface area contributed by atoms with E-state index in [1.165, 1.54) is 12.8 Å². The number of anilines is 1. The van der Waals surface area contributed by atoms with Crippen molar-refractivity contribution in [3.63, 3.8) is 0 Å². The highest BCUT2D eigenvalue weighted by molar-refractivity contribution is 5.97. The van der Waals surface area contributed by atoms with Gasteiger partial charge in [0.2, 0.25) is 0 Å². The minimum atomic E-state index is 0.0555. The van der Waals surface area contributed by atoms with Crippen LogP contribution in [-0.4, -0.2) is 43.6 Å². The van der Waals surface area contributed by atoms with Crippen molar-refractivity contribution in [2.24, 2.45) is 11.8 Å². The van der Waals surface area contributed by atoms with Crippen LogP contribution in [0.5, 0.6) is 5.75 Å². The van der Waals surface area contributed by atoms with Crippen molar-refractivity contribution in [2.45, 2.75) is 19.8 Å². The van der Waals surface area contributed by atoms with E-state index in [-0.39, 0.29) is 12.5 Å². The van der Waals surface area contributed by atoms with Crippen molar-refractivity contribution in [2.75, 3.05) is 37.7 Å². The van der Waals surface area contributed by atoms with Gasteiger partial charge in [0.25, 0.3) is 5.91 Å². The molecule has 2 aliphatic rings. The topological polar surface area (TPSA) is 32.8 Å². The first-order chi connectivity index (χ1) is 10.6. The predicted octanol–water partition coefficient (Wildman–Crippen LogP) is 2.59. The Labute approximate surface area is 133 Å². The van der Waals surface area contributed by atoms with Crippen LogP contribution in [0.1, 0.15) is 19.8 Å². The molecule has 22 heavy (non-hydrogen) atoms. The maximum absolute atomic E-state index is 12.1. The number of amides is 1. The van der Waals surface area contributed by atoms with Gasteiger partial charge in [-0.1, -0.05) is 26.0 Å². The van der Waals surface area contributed by atoms with Crippen molar-refractivity contribution >= 4 is 11.6 Å². The molecule has 0 N–H and O–H groups in total. The number of ether oxygens (including phenoxy) is 1. The van der Waals surface area contributed by atoms with Crippen LogP contribution in [0.15, 0.2) is 24.3 Å². The van der Waals surface area contributed by atoms with E-state index in [1.807, 2.05) is 29.2 Å². The first-order valence-corrected chi connectivity index (χ1v) is 8.23. The fourth-order valence-corrected chi connectivity index (χ4v) is 3.39. The van der Waals surface area contributed by atoms with Gasteiger partial charge in [-0.3, -0.25) is 4.79 Å². The molecule has 4 nitrogen and oxygen atoms in total. The van der Waals surface area contributed by atoms with Crippen LogP contribution >= 0.6 is 0 Å². The fourth-order valence-electron chi connectivity index (χ4n) is 3.39. The lowest BCUT2D eigenvalue weighted by Crippen LogP contribution is -2.45. The molecule has 0 aromatic heterocycles. The number of likely N-dealkylation sites (tertiary alicyclic amines) is 1. The quantitative estimate of drug-likeness (QED) is 0.857. The summed E-state index contributed by atoms with van der Waals surface area (Å²) in [4.78, 5) is 16.5. The molecule has 1 radical (unpaired) electrons. The molecule has 3 rings (SSSR count). The summed E-state index contributed by atoms with van der Waals surface area (Å²) in [5.74, 6) is 2.16. The molecule has 2 heterocycles. The van der Waals surface area contributed by atoms with Crippen LogP contribution in [0.3, 0.4) is 0 Å². The van der Waals surface area contributed by atoms with Crippen LogP contribution in [0.25, 0.3) is 0 Å². The summed E-state index contributed by atoms with van der Waals surface area (Å²) in [6, 6.07) is 7.78. The Kier molecular flexibility index (Phi) is 4.67. The summed E-state index contributed by atoms with van der Waals surface area (Å²) in [6.45, 7) is 10.4. The molecule has 1 atom stereocenters. The number of para-hydroxylation sites is 2. The molecule has 0 spiro atoms. The third-order valence-electron chi connectivity index (χ3n) is 4.89. The lowest BCUT2D eigenvalue weighted by molar-refractivity contribution is -0.121. The molecule has 1 amide bonds. The van der Waals surface area contributed by atoms with Crippen molar-refractivity contribution in [1.29, 1.82) is 0 Å². The standard InChI is InChI=1S/C18H25N2O2/c1-14(2)15-7-9-19(10-8-15)11-12-20-16-5-3-4-6-17(16)22-13-18(20)21/h3-6,14-15H,1,7-13H2,2H3. The molecular formula is C18H25N2O2. The lowest BCUT2D eigenvalue weighted by atomic mass is 9.87. The summed E-state index contributed by atoms with van der Waals surface area (Å²) in [6.07, 6.45) is 2.44. The summed E-state index contributed by atoms with van der Waals surface area (Å²) in [5.41, 5.74) is 0.903. The SMILES string of the molecule is [CH2]C(C)C1CCN(CCN2C(=O)COc3ccccc32)CC1. The number of benzene rings is 1. The van der Waals surface area contributed by atoms with E-state index >= 15 is 0 Å². The lowest BCUT2D eigenvalue weighted by Gasteiger charge is -2.36. The van der Waals surface area contributed by atoms with Crippen LogP contribution in [-0.2, 0) is 4.79 Å². The van der Waals surface area contributed by atoms with E-state index in [1.54, 1.807) is 0 Å². The molecule has 0 bridgehead atoms. The molecule has 119 valence electrons. The van der Waals surface area contributed by atoms with E-state index in [0.29, 0.717) is 5.92 Å². The Balaban J connectivity index is 1.57. The molecule has 1 saturated heterocycles. The summed E-state index contributed by atoms with van der Waals surface area (Å²) in [5, 5.41) is 0. The summed E-state index contributed by atoms with van der Waals surface area (Å²) < 4.78 is 5.49. The van der Waals surface area contributed by atoms with E-state index in [4.69, 9.17) is 4.74 Å². The van der Waals surface area contributed by atoms with Crippen LogP contribution in [0.4, 0.5) is 5.69 Å². The Morgan fingerprint density at radius 2 is 2.00 bits per heavy atom. The maximum Gasteiger partial charge on any atom is 0.265 e. The normalized spacial score (nSPS) is 20.1. The number of carbonyl (C=O) groups is 1. The van der Waals surface area contributed by atoms with Crippen LogP contribution < -0.4 is 9.64 Å². The number of nitrogens with zero attached hydrogens (tertiary/aromatic N) is 2. The minimum Gasteiger partial charge on any atom is -0.482 e. The molecule has 1 aromatic rings.